The maximum Gasteiger partial charge on any atom is 0.335 e. The second kappa shape index (κ2) is 6.07. The van der Waals surface area contributed by atoms with E-state index in [0.717, 1.165) is 6.54 Å². The summed E-state index contributed by atoms with van der Waals surface area (Å²) in [6.45, 7) is 4.80. The second-order valence-corrected chi connectivity index (χ2v) is 5.72. The van der Waals surface area contributed by atoms with Crippen LogP contribution in [0.15, 0.2) is 24.3 Å². The van der Waals surface area contributed by atoms with Crippen molar-refractivity contribution in [3.05, 3.63) is 35.4 Å². The van der Waals surface area contributed by atoms with Gasteiger partial charge < -0.3 is 10.0 Å². The minimum absolute atomic E-state index is 0.0144. The smallest absolute Gasteiger partial charge is 0.335 e. The Labute approximate surface area is 119 Å². The van der Waals surface area contributed by atoms with Crippen molar-refractivity contribution in [2.45, 2.75) is 39.2 Å². The average molecular weight is 275 g/mol. The van der Waals surface area contributed by atoms with Gasteiger partial charge in [-0.3, -0.25) is 4.79 Å². The Morgan fingerprint density at radius 3 is 2.50 bits per heavy atom. The maximum absolute atomic E-state index is 12.4. The van der Waals surface area contributed by atoms with Crippen LogP contribution in [0, 0.1) is 5.92 Å². The minimum Gasteiger partial charge on any atom is -0.478 e. The van der Waals surface area contributed by atoms with Crippen molar-refractivity contribution in [3.63, 3.8) is 0 Å². The fraction of sp³-hybridized carbons (Fsp3) is 0.500. The van der Waals surface area contributed by atoms with E-state index in [1.165, 1.54) is 12.8 Å². The Balaban J connectivity index is 2.11. The molecule has 0 aliphatic heterocycles. The summed E-state index contributed by atoms with van der Waals surface area (Å²) in [4.78, 5) is 25.5. The molecule has 0 saturated heterocycles. The molecule has 1 aliphatic rings. The minimum atomic E-state index is -0.980. The molecule has 1 fully saturated rings. The van der Waals surface area contributed by atoms with Crippen LogP contribution in [0.5, 0.6) is 0 Å². The van der Waals surface area contributed by atoms with Gasteiger partial charge in [-0.1, -0.05) is 18.2 Å². The second-order valence-electron chi connectivity index (χ2n) is 5.72. The van der Waals surface area contributed by atoms with Crippen molar-refractivity contribution >= 4 is 11.9 Å². The summed E-state index contributed by atoms with van der Waals surface area (Å²) < 4.78 is 0. The maximum atomic E-state index is 12.4. The largest absolute Gasteiger partial charge is 0.478 e. The van der Waals surface area contributed by atoms with Crippen molar-refractivity contribution < 1.29 is 14.7 Å². The number of benzene rings is 1. The molecule has 20 heavy (non-hydrogen) atoms. The molecular weight excluding hydrogens is 254 g/mol. The summed E-state index contributed by atoms with van der Waals surface area (Å²) in [5.41, 5.74) is 0.808. The van der Waals surface area contributed by atoms with Crippen LogP contribution >= 0.6 is 0 Å². The zero-order chi connectivity index (χ0) is 14.7. The number of carbonyl (C=O) groups is 2. The molecule has 1 aromatic carbocycles. The van der Waals surface area contributed by atoms with Gasteiger partial charge in [0.25, 0.3) is 0 Å². The number of nitrogens with zero attached hydrogens (tertiary/aromatic N) is 1. The van der Waals surface area contributed by atoms with Crippen molar-refractivity contribution in [1.29, 1.82) is 0 Å². The van der Waals surface area contributed by atoms with Crippen molar-refractivity contribution in [2.75, 3.05) is 6.54 Å². The highest BCUT2D eigenvalue weighted by molar-refractivity contribution is 5.91. The van der Waals surface area contributed by atoms with Gasteiger partial charge in [0.05, 0.1) is 12.0 Å². The molecule has 0 spiro atoms. The van der Waals surface area contributed by atoms with Gasteiger partial charge in [0, 0.05) is 12.6 Å². The molecule has 0 radical (unpaired) electrons. The highest BCUT2D eigenvalue weighted by Gasteiger charge is 2.28. The van der Waals surface area contributed by atoms with Crippen molar-refractivity contribution in [2.24, 2.45) is 5.92 Å². The lowest BCUT2D eigenvalue weighted by Crippen LogP contribution is -2.39. The summed E-state index contributed by atoms with van der Waals surface area (Å²) in [6.07, 6.45) is 2.55. The Morgan fingerprint density at radius 2 is 1.95 bits per heavy atom. The van der Waals surface area contributed by atoms with E-state index in [1.807, 2.05) is 18.7 Å². The molecule has 1 amide bonds. The third kappa shape index (κ3) is 3.59. The zero-order valence-electron chi connectivity index (χ0n) is 12.0. The molecular formula is C16H21NO3. The Morgan fingerprint density at radius 1 is 1.30 bits per heavy atom. The number of hydrogen-bond donors (Lipinski definition) is 1. The van der Waals surface area contributed by atoms with E-state index in [0.29, 0.717) is 11.5 Å². The quantitative estimate of drug-likeness (QED) is 0.868. The number of hydrogen-bond acceptors (Lipinski definition) is 2. The van der Waals surface area contributed by atoms with Crippen LogP contribution in [0.4, 0.5) is 0 Å². The van der Waals surface area contributed by atoms with Gasteiger partial charge in [0.1, 0.15) is 0 Å². The fourth-order valence-corrected chi connectivity index (χ4v) is 2.33. The fourth-order valence-electron chi connectivity index (χ4n) is 2.33. The molecule has 1 N–H and O–H groups in total. The van der Waals surface area contributed by atoms with E-state index in [4.69, 9.17) is 5.11 Å². The Hall–Kier alpha value is -1.84. The van der Waals surface area contributed by atoms with Crippen LogP contribution in [0.25, 0.3) is 0 Å². The van der Waals surface area contributed by atoms with Gasteiger partial charge in [-0.05, 0) is 44.2 Å². The molecule has 0 unspecified atom stereocenters. The molecule has 0 atom stereocenters. The molecule has 0 bridgehead atoms. The van der Waals surface area contributed by atoms with Gasteiger partial charge >= 0.3 is 5.97 Å². The van der Waals surface area contributed by atoms with E-state index in [-0.39, 0.29) is 23.9 Å². The summed E-state index contributed by atoms with van der Waals surface area (Å²) >= 11 is 0. The third-order valence-corrected chi connectivity index (χ3v) is 3.68. The summed E-state index contributed by atoms with van der Waals surface area (Å²) in [5, 5.41) is 9.16. The average Bonchev–Trinajstić information content (AvgIpc) is 3.19. The molecule has 1 aromatic rings. The first kappa shape index (κ1) is 14.6. The lowest BCUT2D eigenvalue weighted by Gasteiger charge is -2.27. The Bertz CT molecular complexity index is 506. The summed E-state index contributed by atoms with van der Waals surface area (Å²) in [5.74, 6) is -0.330. The molecule has 1 saturated carbocycles. The first-order chi connectivity index (χ1) is 9.49. The third-order valence-electron chi connectivity index (χ3n) is 3.68. The number of carbonyl (C=O) groups excluding carboxylic acids is 1. The van der Waals surface area contributed by atoms with Gasteiger partial charge in [-0.15, -0.1) is 0 Å². The predicted octanol–water partition coefficient (Wildman–Crippen LogP) is 2.57. The van der Waals surface area contributed by atoms with Gasteiger partial charge in [-0.2, -0.15) is 0 Å². The highest BCUT2D eigenvalue weighted by atomic mass is 16.4. The normalized spacial score (nSPS) is 14.3. The van der Waals surface area contributed by atoms with Crippen molar-refractivity contribution in [3.8, 4) is 0 Å². The topological polar surface area (TPSA) is 57.6 Å². The van der Waals surface area contributed by atoms with Crippen LogP contribution in [0.3, 0.4) is 0 Å². The monoisotopic (exact) mass is 275 g/mol. The van der Waals surface area contributed by atoms with Crippen LogP contribution in [0.1, 0.15) is 42.6 Å². The molecule has 4 nitrogen and oxygen atoms in total. The van der Waals surface area contributed by atoms with Gasteiger partial charge in [0.2, 0.25) is 5.91 Å². The van der Waals surface area contributed by atoms with Crippen LogP contribution in [0.2, 0.25) is 0 Å². The lowest BCUT2D eigenvalue weighted by molar-refractivity contribution is -0.132. The van der Waals surface area contributed by atoms with Crippen LogP contribution in [-0.2, 0) is 11.2 Å². The number of carboxylic acids is 1. The van der Waals surface area contributed by atoms with Gasteiger partial charge in [-0.25, -0.2) is 4.79 Å². The number of rotatable bonds is 6. The van der Waals surface area contributed by atoms with E-state index >= 15 is 0 Å². The molecule has 0 aromatic heterocycles. The molecule has 4 heteroatoms. The van der Waals surface area contributed by atoms with Crippen LogP contribution in [-0.4, -0.2) is 34.5 Å². The van der Waals surface area contributed by atoms with E-state index < -0.39 is 5.97 Å². The predicted molar refractivity (Wildman–Crippen MR) is 76.7 cm³/mol. The van der Waals surface area contributed by atoms with E-state index in [1.54, 1.807) is 24.3 Å². The first-order valence-corrected chi connectivity index (χ1v) is 7.09. The molecule has 0 heterocycles. The number of amides is 1. The number of aromatic carboxylic acids is 1. The van der Waals surface area contributed by atoms with E-state index in [9.17, 15) is 9.59 Å². The molecule has 1 aliphatic carbocycles. The first-order valence-electron chi connectivity index (χ1n) is 7.09. The summed E-state index contributed by atoms with van der Waals surface area (Å²) in [7, 11) is 0. The Kier molecular flexibility index (Phi) is 4.42. The highest BCUT2D eigenvalue weighted by Crippen LogP contribution is 2.30. The summed E-state index contributed by atoms with van der Waals surface area (Å²) in [6, 6.07) is 6.88. The van der Waals surface area contributed by atoms with Gasteiger partial charge in [0.15, 0.2) is 0 Å². The molecule has 108 valence electrons. The van der Waals surface area contributed by atoms with Crippen molar-refractivity contribution in [1.82, 2.24) is 4.90 Å². The van der Waals surface area contributed by atoms with Crippen LogP contribution < -0.4 is 0 Å². The zero-order valence-corrected chi connectivity index (χ0v) is 12.0. The standard InChI is InChI=1S/C16H21NO3/c1-11(2)17(10-12-7-8-12)15(18)9-13-5-3-4-6-14(13)16(19)20/h3-6,11-12H,7-10H2,1-2H3,(H,19,20). The molecule has 2 rings (SSSR count). The number of carboxylic acid groups (broad SMARTS) is 1. The van der Waals surface area contributed by atoms with E-state index in [2.05, 4.69) is 0 Å². The SMILES string of the molecule is CC(C)N(CC1CC1)C(=O)Cc1ccccc1C(=O)O. The lowest BCUT2D eigenvalue weighted by atomic mass is 10.0.